The Hall–Kier alpha value is 0.440. The molecule has 0 radical (unpaired) electrons. The lowest BCUT2D eigenvalue weighted by molar-refractivity contribution is 0.0159. The highest BCUT2D eigenvalue weighted by Gasteiger charge is 2.25. The van der Waals surface area contributed by atoms with Crippen molar-refractivity contribution in [3.05, 3.63) is 0 Å². The second-order valence-corrected chi connectivity index (χ2v) is 3.66. The Kier molecular flexibility index (Phi) is 2.53. The van der Waals surface area contributed by atoms with Crippen molar-refractivity contribution in [2.24, 2.45) is 5.41 Å². The van der Waals surface area contributed by atoms with Gasteiger partial charge in [0.1, 0.15) is 0 Å². The molecule has 2 heteroatoms. The minimum atomic E-state index is 0.415. The molecule has 0 aromatic heterocycles. The van der Waals surface area contributed by atoms with Crippen LogP contribution in [-0.2, 0) is 4.74 Å². The first-order valence-electron chi connectivity index (χ1n) is 3.41. The lowest BCUT2D eigenvalue weighted by atomic mass is 9.87. The first kappa shape index (κ1) is 7.55. The van der Waals surface area contributed by atoms with Gasteiger partial charge in [-0.25, -0.2) is 0 Å². The van der Waals surface area contributed by atoms with Gasteiger partial charge in [0.15, 0.2) is 0 Å². The standard InChI is InChI=1S/C7H13BrO/c1-7(5-8)3-2-4-9-6-7/h2-6H2,1H3/t7-/m1/s1. The van der Waals surface area contributed by atoms with E-state index in [0.29, 0.717) is 5.41 Å². The van der Waals surface area contributed by atoms with Gasteiger partial charge < -0.3 is 4.74 Å². The van der Waals surface area contributed by atoms with E-state index in [4.69, 9.17) is 4.74 Å². The molecule has 0 saturated carbocycles. The molecule has 1 atom stereocenters. The maximum absolute atomic E-state index is 5.35. The fraction of sp³-hybridized carbons (Fsp3) is 1.00. The van der Waals surface area contributed by atoms with Gasteiger partial charge in [-0.15, -0.1) is 0 Å². The quantitative estimate of drug-likeness (QED) is 0.580. The lowest BCUT2D eigenvalue weighted by Crippen LogP contribution is -2.29. The van der Waals surface area contributed by atoms with Crippen LogP contribution in [0.1, 0.15) is 19.8 Å². The highest BCUT2D eigenvalue weighted by atomic mass is 79.9. The largest absolute Gasteiger partial charge is 0.381 e. The van der Waals surface area contributed by atoms with E-state index in [1.54, 1.807) is 0 Å². The van der Waals surface area contributed by atoms with Crippen LogP contribution in [0.5, 0.6) is 0 Å². The van der Waals surface area contributed by atoms with Crippen LogP contribution in [0, 0.1) is 5.41 Å². The summed E-state index contributed by atoms with van der Waals surface area (Å²) in [6.45, 7) is 4.15. The van der Waals surface area contributed by atoms with Gasteiger partial charge in [0.05, 0.1) is 6.61 Å². The van der Waals surface area contributed by atoms with Crippen molar-refractivity contribution in [1.29, 1.82) is 0 Å². The van der Waals surface area contributed by atoms with Crippen molar-refractivity contribution in [3.63, 3.8) is 0 Å². The Balaban J connectivity index is 2.37. The van der Waals surface area contributed by atoms with Gasteiger partial charge in [0.2, 0.25) is 0 Å². The number of hydrogen-bond donors (Lipinski definition) is 0. The van der Waals surface area contributed by atoms with Crippen LogP contribution < -0.4 is 0 Å². The van der Waals surface area contributed by atoms with Gasteiger partial charge >= 0.3 is 0 Å². The SMILES string of the molecule is C[C@]1(CBr)CCCOC1. The predicted octanol–water partition coefficient (Wildman–Crippen LogP) is 2.20. The fourth-order valence-electron chi connectivity index (χ4n) is 1.10. The summed E-state index contributed by atoms with van der Waals surface area (Å²) in [6.07, 6.45) is 2.53. The van der Waals surface area contributed by atoms with Crippen molar-refractivity contribution in [3.8, 4) is 0 Å². The first-order chi connectivity index (χ1) is 4.27. The highest BCUT2D eigenvalue weighted by molar-refractivity contribution is 9.09. The normalized spacial score (nSPS) is 36.7. The minimum absolute atomic E-state index is 0.415. The highest BCUT2D eigenvalue weighted by Crippen LogP contribution is 2.29. The Morgan fingerprint density at radius 3 is 2.78 bits per heavy atom. The Bertz CT molecular complexity index is 86.9. The summed E-state index contributed by atoms with van der Waals surface area (Å²) >= 11 is 3.49. The molecule has 0 amide bonds. The fourth-order valence-corrected chi connectivity index (χ4v) is 1.54. The Labute approximate surface area is 64.9 Å². The number of ether oxygens (including phenoxy) is 1. The summed E-state index contributed by atoms with van der Waals surface area (Å²) in [4.78, 5) is 0. The van der Waals surface area contributed by atoms with E-state index >= 15 is 0 Å². The molecule has 1 rings (SSSR count). The van der Waals surface area contributed by atoms with Crippen LogP contribution in [0.15, 0.2) is 0 Å². The molecular formula is C7H13BrO. The Morgan fingerprint density at radius 1 is 1.67 bits per heavy atom. The van der Waals surface area contributed by atoms with Crippen molar-refractivity contribution in [2.75, 3.05) is 18.5 Å². The van der Waals surface area contributed by atoms with Crippen molar-refractivity contribution in [2.45, 2.75) is 19.8 Å². The van der Waals surface area contributed by atoms with Gasteiger partial charge in [0, 0.05) is 17.4 Å². The zero-order chi connectivity index (χ0) is 6.74. The molecule has 1 aliphatic heterocycles. The third-order valence-electron chi connectivity index (χ3n) is 1.84. The van der Waals surface area contributed by atoms with Crippen LogP contribution in [0.3, 0.4) is 0 Å². The van der Waals surface area contributed by atoms with Gasteiger partial charge in [0.25, 0.3) is 0 Å². The molecule has 1 fully saturated rings. The maximum atomic E-state index is 5.35. The van der Waals surface area contributed by atoms with Crippen molar-refractivity contribution in [1.82, 2.24) is 0 Å². The lowest BCUT2D eigenvalue weighted by Gasteiger charge is -2.31. The molecule has 0 aromatic carbocycles. The van der Waals surface area contributed by atoms with E-state index in [1.165, 1.54) is 12.8 Å². The zero-order valence-electron chi connectivity index (χ0n) is 5.82. The average molecular weight is 193 g/mol. The van der Waals surface area contributed by atoms with Gasteiger partial charge in [-0.1, -0.05) is 22.9 Å². The molecule has 0 spiro atoms. The van der Waals surface area contributed by atoms with Crippen molar-refractivity contribution < 1.29 is 4.74 Å². The average Bonchev–Trinajstić information content (AvgIpc) is 1.90. The van der Waals surface area contributed by atoms with E-state index in [-0.39, 0.29) is 0 Å². The van der Waals surface area contributed by atoms with Gasteiger partial charge in [-0.05, 0) is 12.8 Å². The molecule has 9 heavy (non-hydrogen) atoms. The molecule has 0 N–H and O–H groups in total. The van der Waals surface area contributed by atoms with Gasteiger partial charge in [-0.3, -0.25) is 0 Å². The monoisotopic (exact) mass is 192 g/mol. The summed E-state index contributed by atoms with van der Waals surface area (Å²) in [5.74, 6) is 0. The molecule has 54 valence electrons. The maximum Gasteiger partial charge on any atom is 0.0527 e. The minimum Gasteiger partial charge on any atom is -0.381 e. The molecule has 0 aromatic rings. The predicted molar refractivity (Wildman–Crippen MR) is 42.0 cm³/mol. The topological polar surface area (TPSA) is 9.23 Å². The van der Waals surface area contributed by atoms with Crippen LogP contribution in [0.4, 0.5) is 0 Å². The molecule has 1 aliphatic rings. The number of hydrogen-bond acceptors (Lipinski definition) is 1. The number of alkyl halides is 1. The van der Waals surface area contributed by atoms with Crippen LogP contribution in [0.2, 0.25) is 0 Å². The third kappa shape index (κ3) is 1.94. The van der Waals surface area contributed by atoms with Crippen LogP contribution in [0.25, 0.3) is 0 Å². The first-order valence-corrected chi connectivity index (χ1v) is 4.53. The second-order valence-electron chi connectivity index (χ2n) is 3.10. The van der Waals surface area contributed by atoms with Gasteiger partial charge in [-0.2, -0.15) is 0 Å². The smallest absolute Gasteiger partial charge is 0.0527 e. The molecule has 1 heterocycles. The number of halogens is 1. The zero-order valence-corrected chi connectivity index (χ0v) is 7.41. The van der Waals surface area contributed by atoms with E-state index in [1.807, 2.05) is 0 Å². The van der Waals surface area contributed by atoms with E-state index < -0.39 is 0 Å². The molecular weight excluding hydrogens is 180 g/mol. The molecule has 0 unspecified atom stereocenters. The van der Waals surface area contributed by atoms with Crippen LogP contribution in [-0.4, -0.2) is 18.5 Å². The second kappa shape index (κ2) is 3.02. The molecule has 0 aliphatic carbocycles. The molecule has 0 bridgehead atoms. The summed E-state index contributed by atoms with van der Waals surface area (Å²) in [5.41, 5.74) is 0.415. The Morgan fingerprint density at radius 2 is 2.44 bits per heavy atom. The summed E-state index contributed by atoms with van der Waals surface area (Å²) in [5, 5.41) is 1.07. The molecule has 1 nitrogen and oxygen atoms in total. The van der Waals surface area contributed by atoms with Crippen LogP contribution >= 0.6 is 15.9 Å². The third-order valence-corrected chi connectivity index (χ3v) is 3.20. The number of rotatable bonds is 1. The summed E-state index contributed by atoms with van der Waals surface area (Å²) < 4.78 is 5.35. The van der Waals surface area contributed by atoms with E-state index in [2.05, 4.69) is 22.9 Å². The summed E-state index contributed by atoms with van der Waals surface area (Å²) in [6, 6.07) is 0. The van der Waals surface area contributed by atoms with E-state index in [9.17, 15) is 0 Å². The molecule has 1 saturated heterocycles. The van der Waals surface area contributed by atoms with Crippen molar-refractivity contribution >= 4 is 15.9 Å². The summed E-state index contributed by atoms with van der Waals surface area (Å²) in [7, 11) is 0. The van der Waals surface area contributed by atoms with E-state index in [0.717, 1.165) is 18.5 Å².